The minimum absolute atomic E-state index is 0.00857. The molecule has 5 aromatic rings. The highest BCUT2D eigenvalue weighted by atomic mass is 16.3. The predicted octanol–water partition coefficient (Wildman–Crippen LogP) is 7.36. The predicted molar refractivity (Wildman–Crippen MR) is 228 cm³/mol. The molecule has 5 heterocycles. The number of fused-ring (bicyclic) bond motifs is 3. The molecule has 11 nitrogen and oxygen atoms in total. The van der Waals surface area contributed by atoms with Crippen LogP contribution in [0.5, 0.6) is 5.75 Å². The zero-order chi connectivity index (χ0) is 40.1. The van der Waals surface area contributed by atoms with Gasteiger partial charge in [0.1, 0.15) is 5.75 Å². The van der Waals surface area contributed by atoms with E-state index in [4.69, 9.17) is 0 Å². The van der Waals surface area contributed by atoms with E-state index >= 15 is 0 Å². The number of carbonyl (C=O) groups excluding carboxylic acids is 3. The Morgan fingerprint density at radius 1 is 0.759 bits per heavy atom. The Hall–Kier alpha value is -6.07. The summed E-state index contributed by atoms with van der Waals surface area (Å²) in [4.78, 5) is 53.2. The van der Waals surface area contributed by atoms with Gasteiger partial charge >= 0.3 is 6.03 Å². The van der Waals surface area contributed by atoms with Gasteiger partial charge in [-0.15, -0.1) is 0 Å². The molecule has 1 atom stereocenters. The van der Waals surface area contributed by atoms with E-state index in [-0.39, 0.29) is 29.6 Å². The summed E-state index contributed by atoms with van der Waals surface area (Å²) >= 11 is 0. The van der Waals surface area contributed by atoms with Crippen LogP contribution in [0.25, 0.3) is 11.3 Å². The fourth-order valence-electron chi connectivity index (χ4n) is 9.17. The molecule has 0 unspecified atom stereocenters. The Balaban J connectivity index is 1.05. The molecule has 11 heteroatoms. The normalized spacial score (nSPS) is 17.7. The fraction of sp³-hybridized carbons (Fsp3) is 0.340. The number of aromatic hydroxyl groups is 1. The quantitative estimate of drug-likeness (QED) is 0.187. The van der Waals surface area contributed by atoms with E-state index in [1.165, 1.54) is 5.56 Å². The van der Waals surface area contributed by atoms with Gasteiger partial charge in [0.25, 0.3) is 11.8 Å². The first kappa shape index (κ1) is 37.5. The van der Waals surface area contributed by atoms with Gasteiger partial charge in [-0.2, -0.15) is 0 Å². The molecule has 4 aromatic carbocycles. The molecule has 2 N–H and O–H groups in total. The molecule has 298 valence electrons. The Labute approximate surface area is 340 Å². The second kappa shape index (κ2) is 15.4. The second-order valence-corrected chi connectivity index (χ2v) is 16.4. The van der Waals surface area contributed by atoms with Crippen molar-refractivity contribution in [3.63, 3.8) is 0 Å². The van der Waals surface area contributed by atoms with Gasteiger partial charge in [0.05, 0.1) is 5.56 Å². The minimum Gasteiger partial charge on any atom is -0.508 e. The van der Waals surface area contributed by atoms with Crippen LogP contribution in [-0.2, 0) is 39.0 Å². The second-order valence-electron chi connectivity index (χ2n) is 16.4. The zero-order valence-electron chi connectivity index (χ0n) is 33.6. The van der Waals surface area contributed by atoms with E-state index in [0.29, 0.717) is 36.4 Å². The van der Waals surface area contributed by atoms with Crippen molar-refractivity contribution in [2.24, 2.45) is 0 Å². The lowest BCUT2D eigenvalue weighted by Gasteiger charge is -2.35. The maximum Gasteiger partial charge on any atom is 0.322 e. The zero-order valence-corrected chi connectivity index (χ0v) is 33.6. The molecule has 0 radical (unpaired) electrons. The van der Waals surface area contributed by atoms with Crippen molar-refractivity contribution in [3.8, 4) is 17.0 Å². The molecule has 58 heavy (non-hydrogen) atoms. The van der Waals surface area contributed by atoms with E-state index in [2.05, 4.69) is 70.1 Å². The van der Waals surface area contributed by atoms with Crippen LogP contribution in [0.2, 0.25) is 0 Å². The Morgan fingerprint density at radius 2 is 1.47 bits per heavy atom. The minimum atomic E-state index is -0.190. The standard InChI is InChI=1S/C47H51N7O4/c1-31-24-32-8-4-5-9-33(32)30-54(31)46(57)41-26-35-29-52(47(58)48-36-11-13-38(14-12-36)51-22-20-49(2)21-23-51)28-34(35)25-40(41)44-27-42(43-10-6-7-19-53(43)44)45(56)50(3)37-15-17-39(55)18-16-37/h4-5,8-9,11-18,25-27,31,55H,6-7,10,19-24,28-30H2,1-3H3,(H,48,58)/t31-/m1/s1. The number of hydrogen-bond donors (Lipinski definition) is 2. The number of amides is 4. The van der Waals surface area contributed by atoms with Crippen LogP contribution in [0.4, 0.5) is 21.9 Å². The SMILES string of the molecule is C[C@@H]1Cc2ccccc2CN1C(=O)c1cc2c(cc1-c1cc(C(=O)N(C)c3ccc(O)cc3)c3n1CCCC3)CN(C(=O)Nc1ccc(N3CCN(C)CC3)cc1)C2. The molecule has 0 bridgehead atoms. The summed E-state index contributed by atoms with van der Waals surface area (Å²) in [7, 11) is 3.90. The fourth-order valence-corrected chi connectivity index (χ4v) is 9.17. The number of rotatable bonds is 6. The molecule has 1 aromatic heterocycles. The van der Waals surface area contributed by atoms with Gasteiger partial charge in [-0.25, -0.2) is 4.79 Å². The molecule has 1 saturated heterocycles. The average molecular weight is 778 g/mol. The molecule has 4 aliphatic rings. The number of likely N-dealkylation sites (N-methyl/N-ethyl adjacent to an activating group) is 1. The molecule has 4 aliphatic heterocycles. The van der Waals surface area contributed by atoms with Gasteiger partial charge in [-0.05, 0) is 129 Å². The summed E-state index contributed by atoms with van der Waals surface area (Å²) in [6.45, 7) is 8.16. The summed E-state index contributed by atoms with van der Waals surface area (Å²) in [6.07, 6.45) is 3.46. The van der Waals surface area contributed by atoms with Gasteiger partial charge in [0.2, 0.25) is 0 Å². The number of piperazine rings is 1. The summed E-state index contributed by atoms with van der Waals surface area (Å²) in [5, 5.41) is 13.0. The molecule has 9 rings (SSSR count). The third-order valence-corrected chi connectivity index (χ3v) is 12.6. The number of anilines is 3. The van der Waals surface area contributed by atoms with Crippen LogP contribution in [0.3, 0.4) is 0 Å². The highest BCUT2D eigenvalue weighted by Gasteiger charge is 2.34. The maximum absolute atomic E-state index is 15.0. The van der Waals surface area contributed by atoms with E-state index < -0.39 is 0 Å². The van der Waals surface area contributed by atoms with E-state index in [1.807, 2.05) is 35.2 Å². The third kappa shape index (κ3) is 7.08. The monoisotopic (exact) mass is 777 g/mol. The lowest BCUT2D eigenvalue weighted by atomic mass is 9.92. The number of hydrogen-bond acceptors (Lipinski definition) is 6. The number of phenolic OH excluding ortho intramolecular Hbond substituents is 1. The molecule has 1 fully saturated rings. The number of nitrogens with zero attached hydrogens (tertiary/aromatic N) is 6. The summed E-state index contributed by atoms with van der Waals surface area (Å²) in [5.41, 5.74) is 10.7. The van der Waals surface area contributed by atoms with Crippen LogP contribution in [-0.4, -0.2) is 88.5 Å². The first-order valence-electron chi connectivity index (χ1n) is 20.5. The van der Waals surface area contributed by atoms with Crippen molar-refractivity contribution >= 4 is 34.9 Å². The topological polar surface area (TPSA) is 105 Å². The number of nitrogens with one attached hydrogen (secondary N) is 1. The van der Waals surface area contributed by atoms with Crippen molar-refractivity contribution in [1.82, 2.24) is 19.3 Å². The molecule has 0 aliphatic carbocycles. The highest BCUT2D eigenvalue weighted by Crippen LogP contribution is 2.39. The van der Waals surface area contributed by atoms with Crippen molar-refractivity contribution in [1.29, 1.82) is 0 Å². The molecule has 0 saturated carbocycles. The maximum atomic E-state index is 15.0. The number of phenols is 1. The van der Waals surface area contributed by atoms with Crippen LogP contribution < -0.4 is 15.1 Å². The lowest BCUT2D eigenvalue weighted by Crippen LogP contribution is -2.44. The molecular weight excluding hydrogens is 727 g/mol. The average Bonchev–Trinajstić information content (AvgIpc) is 3.85. The third-order valence-electron chi connectivity index (χ3n) is 12.6. The first-order chi connectivity index (χ1) is 28.1. The van der Waals surface area contributed by atoms with Crippen molar-refractivity contribution in [2.45, 2.75) is 64.8 Å². The Bertz CT molecular complexity index is 2380. The Morgan fingerprint density at radius 3 is 2.21 bits per heavy atom. The van der Waals surface area contributed by atoms with E-state index in [0.717, 1.165) is 103 Å². The van der Waals surface area contributed by atoms with Crippen molar-refractivity contribution < 1.29 is 19.5 Å². The summed E-state index contributed by atoms with van der Waals surface area (Å²) in [6, 6.07) is 28.9. The number of urea groups is 1. The number of carbonyl (C=O) groups is 3. The van der Waals surface area contributed by atoms with Gasteiger partial charge in [-0.3, -0.25) is 9.59 Å². The van der Waals surface area contributed by atoms with Crippen molar-refractivity contribution in [2.75, 3.05) is 55.4 Å². The van der Waals surface area contributed by atoms with Crippen LogP contribution in [0.1, 0.15) is 68.4 Å². The van der Waals surface area contributed by atoms with Crippen LogP contribution in [0.15, 0.2) is 91.0 Å². The van der Waals surface area contributed by atoms with Crippen molar-refractivity contribution in [3.05, 3.63) is 130 Å². The molecule has 4 amide bonds. The van der Waals surface area contributed by atoms with Crippen LogP contribution >= 0.6 is 0 Å². The highest BCUT2D eigenvalue weighted by molar-refractivity contribution is 6.08. The smallest absolute Gasteiger partial charge is 0.322 e. The van der Waals surface area contributed by atoms with Gasteiger partial charge in [0.15, 0.2) is 0 Å². The lowest BCUT2D eigenvalue weighted by molar-refractivity contribution is 0.0658. The van der Waals surface area contributed by atoms with E-state index in [9.17, 15) is 19.5 Å². The summed E-state index contributed by atoms with van der Waals surface area (Å²) in [5.74, 6) is -0.0549. The van der Waals surface area contributed by atoms with Gasteiger partial charge in [0, 0.05) is 105 Å². The summed E-state index contributed by atoms with van der Waals surface area (Å²) < 4.78 is 2.24. The first-order valence-corrected chi connectivity index (χ1v) is 20.5. The van der Waals surface area contributed by atoms with Gasteiger partial charge < -0.3 is 39.5 Å². The number of aromatic nitrogens is 1. The van der Waals surface area contributed by atoms with Gasteiger partial charge in [-0.1, -0.05) is 24.3 Å². The number of benzene rings is 4. The van der Waals surface area contributed by atoms with Crippen LogP contribution in [0, 0.1) is 0 Å². The largest absolute Gasteiger partial charge is 0.508 e. The van der Waals surface area contributed by atoms with E-state index in [1.54, 1.807) is 41.1 Å². The molecular formula is C47H51N7O4. The molecule has 0 spiro atoms. The Kier molecular flexibility index (Phi) is 9.93.